The molecular formula is C15H29N3O2. The van der Waals surface area contributed by atoms with Crippen molar-refractivity contribution in [2.75, 3.05) is 13.1 Å². The van der Waals surface area contributed by atoms with Crippen molar-refractivity contribution < 1.29 is 9.59 Å². The van der Waals surface area contributed by atoms with Crippen molar-refractivity contribution in [2.45, 2.75) is 65.0 Å². The highest BCUT2D eigenvalue weighted by molar-refractivity contribution is 5.82. The van der Waals surface area contributed by atoms with Gasteiger partial charge >= 0.3 is 0 Å². The fraction of sp³-hybridized carbons (Fsp3) is 0.867. The first kappa shape index (κ1) is 17.0. The number of carbonyl (C=O) groups excluding carboxylic acids is 2. The van der Waals surface area contributed by atoms with Gasteiger partial charge in [-0.1, -0.05) is 27.2 Å². The fourth-order valence-electron chi connectivity index (χ4n) is 2.48. The quantitative estimate of drug-likeness (QED) is 0.770. The highest BCUT2D eigenvalue weighted by Gasteiger charge is 2.28. The third kappa shape index (κ3) is 4.78. The molecule has 5 nitrogen and oxygen atoms in total. The van der Waals surface area contributed by atoms with Gasteiger partial charge in [-0.25, -0.2) is 0 Å². The standard InChI is InChI=1S/C15H29N3O2/c1-4-6-13(19)17-12-7-9-18(10-8-12)15(20)14(16)11(3)5-2/h11-12,14H,4-10,16H2,1-3H3,(H,17,19)/t11-,14-/m0/s1. The number of rotatable bonds is 6. The van der Waals surface area contributed by atoms with Crippen molar-refractivity contribution in [1.29, 1.82) is 0 Å². The van der Waals surface area contributed by atoms with E-state index in [1.807, 2.05) is 25.7 Å². The van der Waals surface area contributed by atoms with E-state index in [1.54, 1.807) is 0 Å². The zero-order chi connectivity index (χ0) is 15.1. The number of carbonyl (C=O) groups is 2. The third-order valence-electron chi connectivity index (χ3n) is 4.19. The number of hydrogen-bond acceptors (Lipinski definition) is 3. The Balaban J connectivity index is 2.38. The number of likely N-dealkylation sites (tertiary alicyclic amines) is 1. The molecule has 116 valence electrons. The molecule has 0 aromatic heterocycles. The maximum atomic E-state index is 12.2. The number of nitrogens with zero attached hydrogens (tertiary/aromatic N) is 1. The van der Waals surface area contributed by atoms with E-state index in [0.29, 0.717) is 19.5 Å². The van der Waals surface area contributed by atoms with Crippen LogP contribution in [0.3, 0.4) is 0 Å². The third-order valence-corrected chi connectivity index (χ3v) is 4.19. The normalized spacial score (nSPS) is 19.5. The molecule has 0 aromatic carbocycles. The number of nitrogens with one attached hydrogen (secondary N) is 1. The lowest BCUT2D eigenvalue weighted by Crippen LogP contribution is -2.52. The van der Waals surface area contributed by atoms with Crippen LogP contribution < -0.4 is 11.1 Å². The zero-order valence-electron chi connectivity index (χ0n) is 13.0. The Morgan fingerprint density at radius 3 is 2.40 bits per heavy atom. The van der Waals surface area contributed by atoms with E-state index in [0.717, 1.165) is 25.7 Å². The molecule has 3 N–H and O–H groups in total. The van der Waals surface area contributed by atoms with Gasteiger partial charge in [-0.3, -0.25) is 9.59 Å². The van der Waals surface area contributed by atoms with Crippen LogP contribution in [0, 0.1) is 5.92 Å². The highest BCUT2D eigenvalue weighted by Crippen LogP contribution is 2.15. The van der Waals surface area contributed by atoms with Gasteiger partial charge in [0.2, 0.25) is 11.8 Å². The minimum Gasteiger partial charge on any atom is -0.353 e. The predicted molar refractivity (Wildman–Crippen MR) is 80.1 cm³/mol. The number of hydrogen-bond donors (Lipinski definition) is 2. The van der Waals surface area contributed by atoms with Crippen molar-refractivity contribution >= 4 is 11.8 Å². The predicted octanol–water partition coefficient (Wildman–Crippen LogP) is 1.27. The van der Waals surface area contributed by atoms with E-state index < -0.39 is 6.04 Å². The molecule has 20 heavy (non-hydrogen) atoms. The molecule has 0 bridgehead atoms. The van der Waals surface area contributed by atoms with Gasteiger partial charge < -0.3 is 16.0 Å². The van der Waals surface area contributed by atoms with Crippen LogP contribution >= 0.6 is 0 Å². The highest BCUT2D eigenvalue weighted by atomic mass is 16.2. The Kier molecular flexibility index (Phi) is 6.99. The molecule has 0 spiro atoms. The summed E-state index contributed by atoms with van der Waals surface area (Å²) in [5.74, 6) is 0.385. The van der Waals surface area contributed by atoms with Crippen molar-refractivity contribution in [3.05, 3.63) is 0 Å². The lowest BCUT2D eigenvalue weighted by molar-refractivity contribution is -0.135. The summed E-state index contributed by atoms with van der Waals surface area (Å²) in [5, 5.41) is 3.03. The van der Waals surface area contributed by atoms with Gasteiger partial charge in [-0.15, -0.1) is 0 Å². The Morgan fingerprint density at radius 1 is 1.30 bits per heavy atom. The molecule has 2 amide bonds. The van der Waals surface area contributed by atoms with E-state index >= 15 is 0 Å². The lowest BCUT2D eigenvalue weighted by Gasteiger charge is -2.34. The zero-order valence-corrected chi connectivity index (χ0v) is 13.0. The van der Waals surface area contributed by atoms with Crippen molar-refractivity contribution in [3.63, 3.8) is 0 Å². The van der Waals surface area contributed by atoms with Crippen LogP contribution in [0.1, 0.15) is 52.9 Å². The first-order valence-corrected chi connectivity index (χ1v) is 7.83. The molecule has 1 rings (SSSR count). The van der Waals surface area contributed by atoms with Crippen LogP contribution in [-0.2, 0) is 9.59 Å². The molecule has 0 saturated carbocycles. The minimum absolute atomic E-state index is 0.0534. The summed E-state index contributed by atoms with van der Waals surface area (Å²) in [6.07, 6.45) is 4.02. The van der Waals surface area contributed by atoms with Crippen LogP contribution in [0.25, 0.3) is 0 Å². The van der Waals surface area contributed by atoms with Gasteiger partial charge in [0.1, 0.15) is 0 Å². The molecule has 1 aliphatic rings. The maximum absolute atomic E-state index is 12.2. The first-order valence-electron chi connectivity index (χ1n) is 7.83. The van der Waals surface area contributed by atoms with Crippen LogP contribution in [-0.4, -0.2) is 41.9 Å². The minimum atomic E-state index is -0.397. The summed E-state index contributed by atoms with van der Waals surface area (Å²) in [6.45, 7) is 7.45. The molecule has 1 aliphatic heterocycles. The molecule has 1 heterocycles. The first-order chi connectivity index (χ1) is 9.49. The van der Waals surface area contributed by atoms with Gasteiger partial charge in [-0.05, 0) is 25.2 Å². The molecule has 5 heteroatoms. The van der Waals surface area contributed by atoms with Crippen molar-refractivity contribution in [1.82, 2.24) is 10.2 Å². The smallest absolute Gasteiger partial charge is 0.239 e. The van der Waals surface area contributed by atoms with E-state index in [9.17, 15) is 9.59 Å². The summed E-state index contributed by atoms with van der Waals surface area (Å²) in [5.41, 5.74) is 6.00. The van der Waals surface area contributed by atoms with Crippen LogP contribution in [0.2, 0.25) is 0 Å². The Labute approximate surface area is 122 Å². The maximum Gasteiger partial charge on any atom is 0.239 e. The van der Waals surface area contributed by atoms with Gasteiger partial charge in [0.05, 0.1) is 6.04 Å². The monoisotopic (exact) mass is 283 g/mol. The largest absolute Gasteiger partial charge is 0.353 e. The molecule has 0 aromatic rings. The topological polar surface area (TPSA) is 75.4 Å². The number of amides is 2. The molecule has 2 atom stereocenters. The van der Waals surface area contributed by atoms with E-state index in [1.165, 1.54) is 0 Å². The average molecular weight is 283 g/mol. The molecule has 1 saturated heterocycles. The fourth-order valence-corrected chi connectivity index (χ4v) is 2.48. The van der Waals surface area contributed by atoms with E-state index in [-0.39, 0.29) is 23.8 Å². The molecule has 0 radical (unpaired) electrons. The SMILES string of the molecule is CCCC(=O)NC1CCN(C(=O)[C@@H](N)[C@@H](C)CC)CC1. The van der Waals surface area contributed by atoms with Crippen LogP contribution in [0.5, 0.6) is 0 Å². The number of nitrogens with two attached hydrogens (primary N) is 1. The summed E-state index contributed by atoms with van der Waals surface area (Å²) >= 11 is 0. The number of piperidine rings is 1. The second kappa shape index (κ2) is 8.25. The Hall–Kier alpha value is -1.10. The summed E-state index contributed by atoms with van der Waals surface area (Å²) in [4.78, 5) is 25.6. The lowest BCUT2D eigenvalue weighted by atomic mass is 9.97. The van der Waals surface area contributed by atoms with Crippen LogP contribution in [0.15, 0.2) is 0 Å². The summed E-state index contributed by atoms with van der Waals surface area (Å²) in [7, 11) is 0. The second-order valence-electron chi connectivity index (χ2n) is 5.83. The van der Waals surface area contributed by atoms with Gasteiger partial charge in [-0.2, -0.15) is 0 Å². The van der Waals surface area contributed by atoms with Crippen molar-refractivity contribution in [2.24, 2.45) is 11.7 Å². The van der Waals surface area contributed by atoms with Gasteiger partial charge in [0.15, 0.2) is 0 Å². The molecule has 0 aliphatic carbocycles. The van der Waals surface area contributed by atoms with Crippen molar-refractivity contribution in [3.8, 4) is 0 Å². The molecule has 1 fully saturated rings. The summed E-state index contributed by atoms with van der Waals surface area (Å²) in [6, 6.07) is -0.191. The molecule has 0 unspecified atom stereocenters. The second-order valence-corrected chi connectivity index (χ2v) is 5.83. The Bertz CT molecular complexity index is 325. The molecular weight excluding hydrogens is 254 g/mol. The van der Waals surface area contributed by atoms with Crippen LogP contribution in [0.4, 0.5) is 0 Å². The van der Waals surface area contributed by atoms with Gasteiger partial charge in [0, 0.05) is 25.6 Å². The summed E-state index contributed by atoms with van der Waals surface area (Å²) < 4.78 is 0. The van der Waals surface area contributed by atoms with E-state index in [2.05, 4.69) is 5.32 Å². The average Bonchev–Trinajstić information content (AvgIpc) is 2.46. The van der Waals surface area contributed by atoms with Gasteiger partial charge in [0.25, 0.3) is 0 Å². The Morgan fingerprint density at radius 2 is 1.90 bits per heavy atom. The van der Waals surface area contributed by atoms with E-state index in [4.69, 9.17) is 5.73 Å².